The van der Waals surface area contributed by atoms with Crippen molar-refractivity contribution in [3.8, 4) is 6.07 Å². The van der Waals surface area contributed by atoms with Crippen LogP contribution in [0.25, 0.3) is 0 Å². The summed E-state index contributed by atoms with van der Waals surface area (Å²) in [6.07, 6.45) is 0. The molecule has 0 aliphatic rings. The third-order valence-corrected chi connectivity index (χ3v) is 2.97. The number of thiophene rings is 1. The Kier molecular flexibility index (Phi) is 3.45. The molecule has 4 nitrogen and oxygen atoms in total. The van der Waals surface area contributed by atoms with E-state index in [-0.39, 0.29) is 12.5 Å². The normalized spacial score (nSPS) is 10.8. The highest BCUT2D eigenvalue weighted by atomic mass is 32.1. The lowest BCUT2D eigenvalue weighted by atomic mass is 9.93. The van der Waals surface area contributed by atoms with E-state index in [4.69, 9.17) is 11.0 Å². The van der Waals surface area contributed by atoms with Gasteiger partial charge >= 0.3 is 0 Å². The first-order valence-electron chi connectivity index (χ1n) is 4.50. The summed E-state index contributed by atoms with van der Waals surface area (Å²) in [6.45, 7) is 3.80. The summed E-state index contributed by atoms with van der Waals surface area (Å²) in [4.78, 5) is 11.7. The highest BCUT2D eigenvalue weighted by molar-refractivity contribution is 7.14. The van der Waals surface area contributed by atoms with Gasteiger partial charge in [-0.15, -0.1) is 11.3 Å². The fourth-order valence-corrected chi connectivity index (χ4v) is 1.59. The van der Waals surface area contributed by atoms with Crippen LogP contribution >= 0.6 is 11.3 Å². The fraction of sp³-hybridized carbons (Fsp3) is 0.400. The van der Waals surface area contributed by atoms with Crippen molar-refractivity contribution in [1.29, 1.82) is 5.26 Å². The molecule has 3 N–H and O–H groups in total. The van der Waals surface area contributed by atoms with E-state index >= 15 is 0 Å². The van der Waals surface area contributed by atoms with Crippen LogP contribution in [0.1, 0.15) is 19.4 Å². The van der Waals surface area contributed by atoms with Crippen LogP contribution in [0.4, 0.5) is 5.00 Å². The number of nitrogens with two attached hydrogens (primary N) is 1. The Morgan fingerprint density at radius 2 is 2.40 bits per heavy atom. The first-order valence-corrected chi connectivity index (χ1v) is 5.38. The molecule has 0 radical (unpaired) electrons. The SMILES string of the molecule is CC(C)(CN)C(=O)Nc1sccc1C#N. The lowest BCUT2D eigenvalue weighted by molar-refractivity contribution is -0.123. The van der Waals surface area contributed by atoms with E-state index in [1.54, 1.807) is 25.3 Å². The number of hydrogen-bond donors (Lipinski definition) is 2. The third-order valence-electron chi connectivity index (χ3n) is 2.14. The molecule has 0 unspecified atom stereocenters. The molecule has 80 valence electrons. The Morgan fingerprint density at radius 3 is 2.93 bits per heavy atom. The molecular formula is C10H13N3OS. The van der Waals surface area contributed by atoms with Crippen molar-refractivity contribution in [2.24, 2.45) is 11.1 Å². The minimum Gasteiger partial charge on any atom is -0.329 e. The molecule has 1 rings (SSSR count). The summed E-state index contributed by atoms with van der Waals surface area (Å²) in [5.74, 6) is -0.163. The zero-order valence-corrected chi connectivity index (χ0v) is 9.52. The number of nitriles is 1. The van der Waals surface area contributed by atoms with Crippen LogP contribution in [-0.4, -0.2) is 12.5 Å². The molecule has 1 aromatic heterocycles. The van der Waals surface area contributed by atoms with E-state index in [1.807, 2.05) is 6.07 Å². The van der Waals surface area contributed by atoms with Crippen LogP contribution in [0.3, 0.4) is 0 Å². The Morgan fingerprint density at radius 1 is 1.73 bits per heavy atom. The summed E-state index contributed by atoms with van der Waals surface area (Å²) in [5, 5.41) is 13.8. The summed E-state index contributed by atoms with van der Waals surface area (Å²) >= 11 is 1.33. The van der Waals surface area contributed by atoms with Gasteiger partial charge in [0.1, 0.15) is 11.1 Å². The van der Waals surface area contributed by atoms with Gasteiger partial charge in [-0.05, 0) is 25.3 Å². The minimum absolute atomic E-state index is 0.163. The monoisotopic (exact) mass is 223 g/mol. The second-order valence-corrected chi connectivity index (χ2v) is 4.73. The van der Waals surface area contributed by atoms with Crippen molar-refractivity contribution in [3.05, 3.63) is 17.0 Å². The topological polar surface area (TPSA) is 78.9 Å². The van der Waals surface area contributed by atoms with Gasteiger partial charge in [0.05, 0.1) is 11.0 Å². The number of carbonyl (C=O) groups is 1. The number of anilines is 1. The van der Waals surface area contributed by atoms with Gasteiger partial charge in [-0.25, -0.2) is 0 Å². The maximum absolute atomic E-state index is 11.7. The van der Waals surface area contributed by atoms with E-state index in [1.165, 1.54) is 11.3 Å². The van der Waals surface area contributed by atoms with Crippen molar-refractivity contribution in [1.82, 2.24) is 0 Å². The molecule has 0 spiro atoms. The molecule has 0 aromatic carbocycles. The number of nitrogens with one attached hydrogen (secondary N) is 1. The zero-order chi connectivity index (χ0) is 11.5. The van der Waals surface area contributed by atoms with Gasteiger partial charge in [0, 0.05) is 6.54 Å². The molecule has 0 saturated carbocycles. The van der Waals surface area contributed by atoms with E-state index < -0.39 is 5.41 Å². The second kappa shape index (κ2) is 4.43. The number of amides is 1. The number of hydrogen-bond acceptors (Lipinski definition) is 4. The summed E-state index contributed by atoms with van der Waals surface area (Å²) in [6, 6.07) is 3.69. The van der Waals surface area contributed by atoms with Crippen LogP contribution < -0.4 is 11.1 Å². The van der Waals surface area contributed by atoms with Crippen LogP contribution in [-0.2, 0) is 4.79 Å². The average molecular weight is 223 g/mol. The van der Waals surface area contributed by atoms with Gasteiger partial charge in [-0.1, -0.05) is 0 Å². The van der Waals surface area contributed by atoms with Gasteiger partial charge in [-0.2, -0.15) is 5.26 Å². The largest absolute Gasteiger partial charge is 0.329 e. The molecule has 15 heavy (non-hydrogen) atoms. The second-order valence-electron chi connectivity index (χ2n) is 3.82. The molecule has 1 heterocycles. The van der Waals surface area contributed by atoms with E-state index in [2.05, 4.69) is 5.32 Å². The number of carbonyl (C=O) groups excluding carboxylic acids is 1. The first-order chi connectivity index (χ1) is 7.01. The molecule has 0 fully saturated rings. The summed E-state index contributed by atoms with van der Waals surface area (Å²) in [5.41, 5.74) is 5.36. The van der Waals surface area contributed by atoms with Crippen LogP contribution in [0.15, 0.2) is 11.4 Å². The van der Waals surface area contributed by atoms with Crippen molar-refractivity contribution in [3.63, 3.8) is 0 Å². The highest BCUT2D eigenvalue weighted by Gasteiger charge is 2.26. The quantitative estimate of drug-likeness (QED) is 0.815. The molecule has 0 bridgehead atoms. The fourth-order valence-electron chi connectivity index (χ4n) is 0.859. The van der Waals surface area contributed by atoms with E-state index in [9.17, 15) is 4.79 Å². The Bertz CT molecular complexity index is 403. The third kappa shape index (κ3) is 2.55. The van der Waals surface area contributed by atoms with Gasteiger partial charge in [0.15, 0.2) is 0 Å². The summed E-state index contributed by atoms with van der Waals surface area (Å²) < 4.78 is 0. The number of nitrogens with zero attached hydrogens (tertiary/aromatic N) is 1. The van der Waals surface area contributed by atoms with Crippen LogP contribution in [0.5, 0.6) is 0 Å². The minimum atomic E-state index is -0.614. The molecule has 5 heteroatoms. The molecule has 0 saturated heterocycles. The van der Waals surface area contributed by atoms with Crippen molar-refractivity contribution < 1.29 is 4.79 Å². The molecule has 1 aromatic rings. The van der Waals surface area contributed by atoms with E-state index in [0.29, 0.717) is 10.6 Å². The van der Waals surface area contributed by atoms with Crippen molar-refractivity contribution in [2.45, 2.75) is 13.8 Å². The molecule has 1 amide bonds. The standard InChI is InChI=1S/C10H13N3OS/c1-10(2,6-12)9(14)13-8-7(5-11)3-4-15-8/h3-4H,6,12H2,1-2H3,(H,13,14). The first kappa shape index (κ1) is 11.7. The molecule has 0 aliphatic carbocycles. The Labute approximate surface area is 92.7 Å². The van der Waals surface area contributed by atoms with Gasteiger partial charge in [-0.3, -0.25) is 4.79 Å². The van der Waals surface area contributed by atoms with Crippen molar-refractivity contribution in [2.75, 3.05) is 11.9 Å². The lowest BCUT2D eigenvalue weighted by Gasteiger charge is -2.20. The van der Waals surface area contributed by atoms with E-state index in [0.717, 1.165) is 0 Å². The smallest absolute Gasteiger partial charge is 0.231 e. The van der Waals surface area contributed by atoms with Gasteiger partial charge in [0.25, 0.3) is 0 Å². The maximum atomic E-state index is 11.7. The average Bonchev–Trinajstić information content (AvgIpc) is 2.65. The van der Waals surface area contributed by atoms with Gasteiger partial charge < -0.3 is 11.1 Å². The highest BCUT2D eigenvalue weighted by Crippen LogP contribution is 2.24. The Hall–Kier alpha value is -1.38. The lowest BCUT2D eigenvalue weighted by Crippen LogP contribution is -2.37. The molecule has 0 atom stereocenters. The number of rotatable bonds is 3. The molecule has 0 aliphatic heterocycles. The zero-order valence-electron chi connectivity index (χ0n) is 8.70. The van der Waals surface area contributed by atoms with Crippen LogP contribution in [0, 0.1) is 16.7 Å². The molecular weight excluding hydrogens is 210 g/mol. The Balaban J connectivity index is 2.80. The maximum Gasteiger partial charge on any atom is 0.231 e. The van der Waals surface area contributed by atoms with Crippen molar-refractivity contribution >= 4 is 22.2 Å². The predicted octanol–water partition coefficient (Wildman–Crippen LogP) is 1.54. The predicted molar refractivity (Wildman–Crippen MR) is 60.5 cm³/mol. The summed E-state index contributed by atoms with van der Waals surface area (Å²) in [7, 11) is 0. The van der Waals surface area contributed by atoms with Gasteiger partial charge in [0.2, 0.25) is 5.91 Å². The van der Waals surface area contributed by atoms with Crippen LogP contribution in [0.2, 0.25) is 0 Å².